The van der Waals surface area contributed by atoms with E-state index in [1.54, 1.807) is 6.07 Å². The zero-order valence-corrected chi connectivity index (χ0v) is 16.0. The maximum atomic E-state index is 12.1. The highest BCUT2D eigenvalue weighted by molar-refractivity contribution is 5.68. The Morgan fingerprint density at radius 1 is 0.769 bits per heavy atom. The van der Waals surface area contributed by atoms with Crippen LogP contribution in [-0.4, -0.2) is 6.16 Å². The number of rotatable bonds is 10. The van der Waals surface area contributed by atoms with E-state index in [2.05, 4.69) is 6.92 Å². The Bertz CT molecular complexity index is 679. The molecule has 3 nitrogen and oxygen atoms in total. The molecule has 26 heavy (non-hydrogen) atoms. The third-order valence-electron chi connectivity index (χ3n) is 4.50. The Balaban J connectivity index is 1.82. The van der Waals surface area contributed by atoms with Gasteiger partial charge in [0.2, 0.25) is 0 Å². The highest BCUT2D eigenvalue weighted by Gasteiger charge is 2.12. The molecule has 0 aliphatic rings. The number of para-hydroxylation sites is 2. The van der Waals surface area contributed by atoms with Gasteiger partial charge in [0, 0.05) is 0 Å². The van der Waals surface area contributed by atoms with Gasteiger partial charge in [-0.2, -0.15) is 0 Å². The molecule has 0 radical (unpaired) electrons. The topological polar surface area (TPSA) is 35.5 Å². The number of aryl methyl sites for hydroxylation is 2. The SMILES string of the molecule is CCCCCCCCCc1ccccc1OC(=O)Oc1ccccc1C. The summed E-state index contributed by atoms with van der Waals surface area (Å²) in [5.74, 6) is 1.12. The minimum atomic E-state index is -0.689. The lowest BCUT2D eigenvalue weighted by Gasteiger charge is -2.11. The summed E-state index contributed by atoms with van der Waals surface area (Å²) in [5.41, 5.74) is 1.96. The van der Waals surface area contributed by atoms with Crippen molar-refractivity contribution in [1.29, 1.82) is 0 Å². The summed E-state index contributed by atoms with van der Waals surface area (Å²) < 4.78 is 10.8. The van der Waals surface area contributed by atoms with E-state index in [1.807, 2.05) is 49.4 Å². The fourth-order valence-electron chi connectivity index (χ4n) is 2.95. The summed E-state index contributed by atoms with van der Waals surface area (Å²) in [4.78, 5) is 12.1. The van der Waals surface area contributed by atoms with Gasteiger partial charge in [-0.15, -0.1) is 0 Å². The van der Waals surface area contributed by atoms with Gasteiger partial charge in [-0.3, -0.25) is 0 Å². The molecule has 0 aliphatic heterocycles. The number of ether oxygens (including phenoxy) is 2. The van der Waals surface area contributed by atoms with E-state index in [9.17, 15) is 4.79 Å². The van der Waals surface area contributed by atoms with Crippen LogP contribution >= 0.6 is 0 Å². The Morgan fingerprint density at radius 3 is 2.08 bits per heavy atom. The Kier molecular flexibility index (Phi) is 8.74. The molecule has 3 heteroatoms. The van der Waals surface area contributed by atoms with Crippen molar-refractivity contribution in [2.75, 3.05) is 0 Å². The first kappa shape index (κ1) is 20.0. The number of carbonyl (C=O) groups excluding carboxylic acids is 1. The third kappa shape index (κ3) is 6.91. The second-order valence-electron chi connectivity index (χ2n) is 6.70. The van der Waals surface area contributed by atoms with Crippen molar-refractivity contribution in [3.8, 4) is 11.5 Å². The van der Waals surface area contributed by atoms with Crippen LogP contribution in [-0.2, 0) is 6.42 Å². The van der Waals surface area contributed by atoms with Crippen LogP contribution in [0.15, 0.2) is 48.5 Å². The van der Waals surface area contributed by atoms with E-state index in [-0.39, 0.29) is 0 Å². The molecule has 0 aliphatic carbocycles. The van der Waals surface area contributed by atoms with Crippen LogP contribution in [0.25, 0.3) is 0 Å². The van der Waals surface area contributed by atoms with Gasteiger partial charge in [0.15, 0.2) is 0 Å². The van der Waals surface area contributed by atoms with E-state index in [0.717, 1.165) is 24.0 Å². The van der Waals surface area contributed by atoms with Crippen LogP contribution in [0.4, 0.5) is 4.79 Å². The van der Waals surface area contributed by atoms with Gasteiger partial charge in [-0.1, -0.05) is 81.8 Å². The predicted molar refractivity (Wildman–Crippen MR) is 106 cm³/mol. The second-order valence-corrected chi connectivity index (χ2v) is 6.70. The lowest BCUT2D eigenvalue weighted by Crippen LogP contribution is -2.15. The Labute approximate surface area is 157 Å². The molecule has 2 rings (SSSR count). The van der Waals surface area contributed by atoms with Crippen LogP contribution in [0, 0.1) is 6.92 Å². The molecule has 0 atom stereocenters. The highest BCUT2D eigenvalue weighted by atomic mass is 16.7. The normalized spacial score (nSPS) is 10.5. The van der Waals surface area contributed by atoms with Crippen LogP contribution in [0.2, 0.25) is 0 Å². The van der Waals surface area contributed by atoms with E-state index in [0.29, 0.717) is 11.5 Å². The minimum absolute atomic E-state index is 0.530. The first-order chi connectivity index (χ1) is 12.7. The molecule has 0 saturated carbocycles. The predicted octanol–water partition coefficient (Wildman–Crippen LogP) is 6.87. The lowest BCUT2D eigenvalue weighted by atomic mass is 10.0. The molecular formula is C23H30O3. The van der Waals surface area contributed by atoms with Gasteiger partial charge in [0.1, 0.15) is 11.5 Å². The molecule has 0 bridgehead atoms. The lowest BCUT2D eigenvalue weighted by molar-refractivity contribution is 0.151. The summed E-state index contributed by atoms with van der Waals surface area (Å²) in [6.45, 7) is 4.14. The summed E-state index contributed by atoms with van der Waals surface area (Å²) in [6, 6.07) is 15.1. The van der Waals surface area contributed by atoms with Crippen molar-refractivity contribution in [1.82, 2.24) is 0 Å². The van der Waals surface area contributed by atoms with E-state index >= 15 is 0 Å². The first-order valence-corrected chi connectivity index (χ1v) is 9.74. The van der Waals surface area contributed by atoms with Crippen molar-refractivity contribution in [2.24, 2.45) is 0 Å². The molecule has 0 saturated heterocycles. The third-order valence-corrected chi connectivity index (χ3v) is 4.50. The fraction of sp³-hybridized carbons (Fsp3) is 0.435. The van der Waals surface area contributed by atoms with Gasteiger partial charge in [0.25, 0.3) is 0 Å². The molecule has 0 fully saturated rings. The summed E-state index contributed by atoms with van der Waals surface area (Å²) in [7, 11) is 0. The van der Waals surface area contributed by atoms with E-state index in [1.165, 1.54) is 38.5 Å². The standard InChI is InChI=1S/C23H30O3/c1-3-4-5-6-7-8-9-15-20-16-11-13-18-22(20)26-23(24)25-21-17-12-10-14-19(21)2/h10-14,16-18H,3-9,15H2,1-2H3. The van der Waals surface area contributed by atoms with Crippen LogP contribution in [0.5, 0.6) is 11.5 Å². The molecule has 0 heterocycles. The number of hydrogen-bond acceptors (Lipinski definition) is 3. The largest absolute Gasteiger partial charge is 0.519 e. The van der Waals surface area contributed by atoms with Gasteiger partial charge >= 0.3 is 6.16 Å². The monoisotopic (exact) mass is 354 g/mol. The first-order valence-electron chi connectivity index (χ1n) is 9.74. The Morgan fingerprint density at radius 2 is 1.35 bits per heavy atom. The molecule has 0 aromatic heterocycles. The zero-order valence-electron chi connectivity index (χ0n) is 16.0. The average Bonchev–Trinajstić information content (AvgIpc) is 2.64. The highest BCUT2D eigenvalue weighted by Crippen LogP contribution is 2.23. The maximum Gasteiger partial charge on any atom is 0.519 e. The average molecular weight is 354 g/mol. The number of hydrogen-bond donors (Lipinski definition) is 0. The number of unbranched alkanes of at least 4 members (excludes halogenated alkanes) is 6. The molecule has 2 aromatic carbocycles. The maximum absolute atomic E-state index is 12.1. The summed E-state index contributed by atoms with van der Waals surface area (Å²) in [5, 5.41) is 0. The van der Waals surface area contributed by atoms with Crippen molar-refractivity contribution in [3.63, 3.8) is 0 Å². The number of benzene rings is 2. The van der Waals surface area contributed by atoms with Crippen molar-refractivity contribution >= 4 is 6.16 Å². The molecule has 0 N–H and O–H groups in total. The van der Waals surface area contributed by atoms with E-state index < -0.39 is 6.16 Å². The molecule has 0 amide bonds. The Hall–Kier alpha value is -2.29. The quantitative estimate of drug-likeness (QED) is 0.265. The van der Waals surface area contributed by atoms with Crippen molar-refractivity contribution in [3.05, 3.63) is 59.7 Å². The van der Waals surface area contributed by atoms with Gasteiger partial charge < -0.3 is 9.47 Å². The van der Waals surface area contributed by atoms with Gasteiger partial charge in [-0.25, -0.2) is 4.79 Å². The molecular weight excluding hydrogens is 324 g/mol. The molecule has 140 valence electrons. The molecule has 2 aromatic rings. The van der Waals surface area contributed by atoms with Crippen LogP contribution in [0.3, 0.4) is 0 Å². The smallest absolute Gasteiger partial charge is 0.394 e. The summed E-state index contributed by atoms with van der Waals surface area (Å²) >= 11 is 0. The fourth-order valence-corrected chi connectivity index (χ4v) is 2.95. The van der Waals surface area contributed by atoms with Crippen LogP contribution in [0.1, 0.15) is 63.0 Å². The van der Waals surface area contributed by atoms with E-state index in [4.69, 9.17) is 9.47 Å². The van der Waals surface area contributed by atoms with Crippen molar-refractivity contribution in [2.45, 2.75) is 65.2 Å². The van der Waals surface area contributed by atoms with Crippen molar-refractivity contribution < 1.29 is 14.3 Å². The molecule has 0 unspecified atom stereocenters. The van der Waals surface area contributed by atoms with Gasteiger partial charge in [-0.05, 0) is 43.0 Å². The minimum Gasteiger partial charge on any atom is -0.394 e. The van der Waals surface area contributed by atoms with Crippen LogP contribution < -0.4 is 9.47 Å². The number of carbonyl (C=O) groups is 1. The molecule has 0 spiro atoms. The zero-order chi connectivity index (χ0) is 18.6. The second kappa shape index (κ2) is 11.3. The van der Waals surface area contributed by atoms with Gasteiger partial charge in [0.05, 0.1) is 0 Å². The summed E-state index contributed by atoms with van der Waals surface area (Å²) in [6.07, 6.45) is 9.09.